The monoisotopic (exact) mass is 315 g/mol. The molecule has 0 saturated heterocycles. The summed E-state index contributed by atoms with van der Waals surface area (Å²) in [5.41, 5.74) is 2.61. The molecule has 1 aliphatic rings. The molecule has 0 aliphatic heterocycles. The van der Waals surface area contributed by atoms with Gasteiger partial charge in [-0.1, -0.05) is 41.5 Å². The number of carbonyl (C=O) groups excluding carboxylic acids is 2. The summed E-state index contributed by atoms with van der Waals surface area (Å²) in [5.74, 6) is -2.88. The molecule has 0 fully saturated rings. The maximum atomic E-state index is 12.4. The summed E-state index contributed by atoms with van der Waals surface area (Å²) < 4.78 is 0. The van der Waals surface area contributed by atoms with Gasteiger partial charge in [-0.05, 0) is 26.7 Å². The Morgan fingerprint density at radius 2 is 1.61 bits per heavy atom. The molecule has 0 aromatic heterocycles. The van der Waals surface area contributed by atoms with Crippen LogP contribution in [0.1, 0.15) is 37.0 Å². The Kier molecular flexibility index (Phi) is 5.32. The Morgan fingerprint density at radius 3 is 2.17 bits per heavy atom. The molecular weight excluding hydrogens is 294 g/mol. The first-order valence-corrected chi connectivity index (χ1v) is 7.64. The summed E-state index contributed by atoms with van der Waals surface area (Å²) in [7, 11) is 0. The lowest BCUT2D eigenvalue weighted by Crippen LogP contribution is -2.41. The van der Waals surface area contributed by atoms with Gasteiger partial charge in [-0.15, -0.1) is 0 Å². The number of amides is 1. The van der Waals surface area contributed by atoms with Crippen LogP contribution in [0.2, 0.25) is 0 Å². The molecule has 5 nitrogen and oxygen atoms in total. The van der Waals surface area contributed by atoms with Gasteiger partial charge in [0.15, 0.2) is 5.78 Å². The first-order valence-electron chi connectivity index (χ1n) is 7.64. The molecule has 0 radical (unpaired) electrons. The molecule has 1 aliphatic carbocycles. The minimum Gasteiger partial charge on any atom is -0.481 e. The second-order valence-corrected chi connectivity index (χ2v) is 6.03. The Bertz CT molecular complexity index is 648. The van der Waals surface area contributed by atoms with Crippen molar-refractivity contribution in [1.82, 2.24) is 5.32 Å². The standard InChI is InChI=1S/C18H21NO4/c1-11-8-14(15(18(22)23)9-12(11)2)17(21)19-10-16(20)13-6-4-3-5-7-13/h3-7,14-15H,8-10H2,1-2H3,(H,19,21)(H,22,23)/t14-,15+/m0/s1. The van der Waals surface area contributed by atoms with E-state index in [1.165, 1.54) is 0 Å². The lowest BCUT2D eigenvalue weighted by atomic mass is 9.76. The van der Waals surface area contributed by atoms with Gasteiger partial charge in [0.2, 0.25) is 5.91 Å². The molecule has 122 valence electrons. The number of Topliss-reactive ketones (excluding diaryl/α,β-unsaturated/α-hetero) is 1. The van der Waals surface area contributed by atoms with Crippen molar-refractivity contribution in [3.8, 4) is 0 Å². The Morgan fingerprint density at radius 1 is 1.04 bits per heavy atom. The SMILES string of the molecule is CC1=C(C)C[C@@H](C(=O)O)[C@@H](C(=O)NCC(=O)c2ccccc2)C1. The third-order valence-corrected chi connectivity index (χ3v) is 4.44. The molecule has 2 rings (SSSR count). The van der Waals surface area contributed by atoms with Crippen LogP contribution in [0.5, 0.6) is 0 Å². The van der Waals surface area contributed by atoms with E-state index in [2.05, 4.69) is 5.32 Å². The summed E-state index contributed by atoms with van der Waals surface area (Å²) in [6.07, 6.45) is 0.806. The molecule has 1 aromatic rings. The van der Waals surface area contributed by atoms with Crippen molar-refractivity contribution in [2.24, 2.45) is 11.8 Å². The molecule has 0 spiro atoms. The van der Waals surface area contributed by atoms with Gasteiger partial charge >= 0.3 is 5.97 Å². The minimum atomic E-state index is -0.966. The van der Waals surface area contributed by atoms with Gasteiger partial charge in [0.1, 0.15) is 0 Å². The number of aliphatic carboxylic acids is 1. The molecular formula is C18H21NO4. The summed E-state index contributed by atoms with van der Waals surface area (Å²) >= 11 is 0. The van der Waals surface area contributed by atoms with E-state index in [1.54, 1.807) is 24.3 Å². The van der Waals surface area contributed by atoms with Crippen LogP contribution in [0.4, 0.5) is 0 Å². The second-order valence-electron chi connectivity index (χ2n) is 6.03. The third-order valence-electron chi connectivity index (χ3n) is 4.44. The molecule has 0 heterocycles. The van der Waals surface area contributed by atoms with Crippen molar-refractivity contribution in [1.29, 1.82) is 0 Å². The average Bonchev–Trinajstić information content (AvgIpc) is 2.55. The third kappa shape index (κ3) is 4.06. The zero-order chi connectivity index (χ0) is 17.0. The zero-order valence-corrected chi connectivity index (χ0v) is 13.3. The highest BCUT2D eigenvalue weighted by Gasteiger charge is 2.37. The van der Waals surface area contributed by atoms with Gasteiger partial charge in [0.25, 0.3) is 0 Å². The smallest absolute Gasteiger partial charge is 0.307 e. The van der Waals surface area contributed by atoms with Crippen molar-refractivity contribution < 1.29 is 19.5 Å². The number of benzene rings is 1. The van der Waals surface area contributed by atoms with Crippen LogP contribution in [0, 0.1) is 11.8 Å². The molecule has 2 atom stereocenters. The maximum absolute atomic E-state index is 12.4. The van der Waals surface area contributed by atoms with Gasteiger partial charge in [-0.25, -0.2) is 0 Å². The van der Waals surface area contributed by atoms with Crippen LogP contribution in [0.3, 0.4) is 0 Å². The number of hydrogen-bond acceptors (Lipinski definition) is 3. The topological polar surface area (TPSA) is 83.5 Å². The zero-order valence-electron chi connectivity index (χ0n) is 13.3. The van der Waals surface area contributed by atoms with Crippen molar-refractivity contribution in [2.45, 2.75) is 26.7 Å². The fraction of sp³-hybridized carbons (Fsp3) is 0.389. The Labute approximate surface area is 135 Å². The van der Waals surface area contributed by atoms with Gasteiger partial charge in [-0.3, -0.25) is 14.4 Å². The summed E-state index contributed by atoms with van der Waals surface area (Å²) in [6.45, 7) is 3.70. The lowest BCUT2D eigenvalue weighted by Gasteiger charge is -2.29. The van der Waals surface area contributed by atoms with Crippen molar-refractivity contribution in [3.63, 3.8) is 0 Å². The summed E-state index contributed by atoms with van der Waals surface area (Å²) in [5, 5.41) is 11.9. The molecule has 5 heteroatoms. The predicted octanol–water partition coefficient (Wildman–Crippen LogP) is 2.43. The van der Waals surface area contributed by atoms with Crippen LogP contribution in [-0.4, -0.2) is 29.3 Å². The second kappa shape index (κ2) is 7.22. The summed E-state index contributed by atoms with van der Waals surface area (Å²) in [4.78, 5) is 35.8. The highest BCUT2D eigenvalue weighted by atomic mass is 16.4. The number of hydrogen-bond donors (Lipinski definition) is 2. The van der Waals surface area contributed by atoms with Gasteiger partial charge in [0, 0.05) is 5.56 Å². The molecule has 0 bridgehead atoms. The fourth-order valence-corrected chi connectivity index (χ4v) is 2.85. The van der Waals surface area contributed by atoms with Crippen molar-refractivity contribution in [3.05, 3.63) is 47.0 Å². The number of carboxylic acid groups (broad SMARTS) is 1. The molecule has 0 saturated carbocycles. The molecule has 2 N–H and O–H groups in total. The van der Waals surface area contributed by atoms with E-state index < -0.39 is 17.8 Å². The van der Waals surface area contributed by atoms with Crippen LogP contribution < -0.4 is 5.32 Å². The highest BCUT2D eigenvalue weighted by molar-refractivity contribution is 5.99. The number of allylic oxidation sites excluding steroid dienone is 2. The lowest BCUT2D eigenvalue weighted by molar-refractivity contribution is -0.147. The number of nitrogens with one attached hydrogen (secondary N) is 1. The van der Waals surface area contributed by atoms with Crippen molar-refractivity contribution in [2.75, 3.05) is 6.54 Å². The van der Waals surface area contributed by atoms with Crippen LogP contribution in [0.25, 0.3) is 0 Å². The first-order chi connectivity index (χ1) is 10.9. The van der Waals surface area contributed by atoms with Crippen molar-refractivity contribution >= 4 is 17.7 Å². The Hall–Kier alpha value is -2.43. The van der Waals surface area contributed by atoms with E-state index in [0.717, 1.165) is 11.1 Å². The normalized spacial score (nSPS) is 21.0. The quantitative estimate of drug-likeness (QED) is 0.646. The van der Waals surface area contributed by atoms with E-state index >= 15 is 0 Å². The fourth-order valence-electron chi connectivity index (χ4n) is 2.85. The van der Waals surface area contributed by atoms with Gasteiger partial charge in [-0.2, -0.15) is 0 Å². The van der Waals surface area contributed by atoms with E-state index in [9.17, 15) is 19.5 Å². The van der Waals surface area contributed by atoms with Gasteiger partial charge < -0.3 is 10.4 Å². The van der Waals surface area contributed by atoms with E-state index in [4.69, 9.17) is 0 Å². The molecule has 1 aromatic carbocycles. The number of rotatable bonds is 5. The van der Waals surface area contributed by atoms with E-state index in [0.29, 0.717) is 18.4 Å². The molecule has 1 amide bonds. The van der Waals surface area contributed by atoms with E-state index in [1.807, 2.05) is 19.9 Å². The van der Waals surface area contributed by atoms with Crippen LogP contribution >= 0.6 is 0 Å². The number of ketones is 1. The molecule has 23 heavy (non-hydrogen) atoms. The largest absolute Gasteiger partial charge is 0.481 e. The van der Waals surface area contributed by atoms with E-state index in [-0.39, 0.29) is 18.2 Å². The maximum Gasteiger partial charge on any atom is 0.307 e. The minimum absolute atomic E-state index is 0.118. The molecule has 0 unspecified atom stereocenters. The predicted molar refractivity (Wildman–Crippen MR) is 86.0 cm³/mol. The van der Waals surface area contributed by atoms with Gasteiger partial charge in [0.05, 0.1) is 18.4 Å². The highest BCUT2D eigenvalue weighted by Crippen LogP contribution is 2.34. The average molecular weight is 315 g/mol. The summed E-state index contributed by atoms with van der Waals surface area (Å²) in [6, 6.07) is 8.70. The first kappa shape index (κ1) is 16.9. The van der Waals surface area contributed by atoms with Crippen LogP contribution in [-0.2, 0) is 9.59 Å². The van der Waals surface area contributed by atoms with Crippen LogP contribution in [0.15, 0.2) is 41.5 Å². The Balaban J connectivity index is 2.02. The number of carboxylic acids is 1. The number of carbonyl (C=O) groups is 3.